The Labute approximate surface area is 206 Å². The predicted molar refractivity (Wildman–Crippen MR) is 139 cm³/mol. The predicted octanol–water partition coefficient (Wildman–Crippen LogP) is 5.56. The Morgan fingerprint density at radius 3 is 2.36 bits per heavy atom. The van der Waals surface area contributed by atoms with Crippen molar-refractivity contribution in [1.29, 1.82) is 0 Å². The summed E-state index contributed by atoms with van der Waals surface area (Å²) in [6.07, 6.45) is 1.17. The Hall–Kier alpha value is -2.04. The molecule has 174 valence electrons. The topological polar surface area (TPSA) is 70.6 Å². The highest BCUT2D eigenvalue weighted by Crippen LogP contribution is 2.38. The number of carbonyl (C=O) groups is 1. The maximum atomic E-state index is 13.8. The molecule has 2 heterocycles. The van der Waals surface area contributed by atoms with Crippen LogP contribution in [0.2, 0.25) is 5.02 Å². The zero-order chi connectivity index (χ0) is 23.8. The SMILES string of the molecule is CCN(CC)CCN(C(=O)c1sc2ccccc2c1Cl)c1nc2c(S(C)(=O)=O)cccc2s1. The molecule has 0 atom stereocenters. The number of para-hydroxylation sites is 1. The van der Waals surface area contributed by atoms with Crippen molar-refractivity contribution < 1.29 is 13.2 Å². The molecule has 4 rings (SSSR count). The lowest BCUT2D eigenvalue weighted by Crippen LogP contribution is -2.38. The van der Waals surface area contributed by atoms with E-state index in [1.807, 2.05) is 30.3 Å². The number of likely N-dealkylation sites (N-methyl/N-ethyl adjacent to an activating group) is 1. The number of sulfone groups is 1. The third-order valence-electron chi connectivity index (χ3n) is 5.51. The van der Waals surface area contributed by atoms with Crippen LogP contribution in [-0.2, 0) is 9.84 Å². The number of hydrogen-bond donors (Lipinski definition) is 0. The fourth-order valence-corrected chi connectivity index (χ4v) is 7.04. The van der Waals surface area contributed by atoms with Crippen molar-refractivity contribution in [2.75, 3.05) is 37.3 Å². The van der Waals surface area contributed by atoms with Gasteiger partial charge in [-0.25, -0.2) is 13.4 Å². The van der Waals surface area contributed by atoms with Crippen LogP contribution in [0.1, 0.15) is 23.5 Å². The molecule has 0 N–H and O–H groups in total. The highest BCUT2D eigenvalue weighted by atomic mass is 35.5. The van der Waals surface area contributed by atoms with Crippen molar-refractivity contribution in [3.05, 3.63) is 52.4 Å². The summed E-state index contributed by atoms with van der Waals surface area (Å²) >= 11 is 9.29. The number of rotatable bonds is 8. The van der Waals surface area contributed by atoms with Crippen molar-refractivity contribution in [2.45, 2.75) is 18.7 Å². The third-order valence-corrected chi connectivity index (χ3v) is 9.34. The first-order chi connectivity index (χ1) is 15.7. The van der Waals surface area contributed by atoms with Gasteiger partial charge in [-0.3, -0.25) is 9.69 Å². The van der Waals surface area contributed by atoms with Crippen LogP contribution >= 0.6 is 34.3 Å². The molecule has 0 spiro atoms. The van der Waals surface area contributed by atoms with Gasteiger partial charge in [-0.15, -0.1) is 11.3 Å². The normalized spacial score (nSPS) is 12.2. The molecule has 2 aromatic heterocycles. The van der Waals surface area contributed by atoms with E-state index in [1.165, 1.54) is 28.9 Å². The monoisotopic (exact) mass is 521 g/mol. The second-order valence-corrected chi connectivity index (χ2v) is 12.0. The van der Waals surface area contributed by atoms with Gasteiger partial charge in [0.1, 0.15) is 10.4 Å². The van der Waals surface area contributed by atoms with Crippen molar-refractivity contribution in [1.82, 2.24) is 9.88 Å². The Kier molecular flexibility index (Phi) is 7.07. The van der Waals surface area contributed by atoms with Gasteiger partial charge in [-0.1, -0.05) is 61.1 Å². The van der Waals surface area contributed by atoms with Crippen LogP contribution in [-0.4, -0.2) is 56.6 Å². The number of fused-ring (bicyclic) bond motifs is 2. The fraction of sp³-hybridized carbons (Fsp3) is 0.304. The Morgan fingerprint density at radius 2 is 1.70 bits per heavy atom. The lowest BCUT2D eigenvalue weighted by atomic mass is 10.2. The molecule has 0 fully saturated rings. The average Bonchev–Trinajstić information content (AvgIpc) is 3.37. The zero-order valence-electron chi connectivity index (χ0n) is 18.5. The molecule has 0 unspecified atom stereocenters. The van der Waals surface area contributed by atoms with Crippen LogP contribution in [0.15, 0.2) is 47.4 Å². The first-order valence-corrected chi connectivity index (χ1v) is 14.5. The van der Waals surface area contributed by atoms with Crippen LogP contribution in [0, 0.1) is 0 Å². The van der Waals surface area contributed by atoms with Crippen molar-refractivity contribution in [3.63, 3.8) is 0 Å². The molecule has 10 heteroatoms. The van der Waals surface area contributed by atoms with Gasteiger partial charge in [0.25, 0.3) is 5.91 Å². The van der Waals surface area contributed by atoms with Gasteiger partial charge in [0.05, 0.1) is 14.6 Å². The van der Waals surface area contributed by atoms with Crippen molar-refractivity contribution >= 4 is 75.5 Å². The fourth-order valence-electron chi connectivity index (χ4n) is 3.67. The number of halogens is 1. The van der Waals surface area contributed by atoms with E-state index in [0.29, 0.717) is 33.6 Å². The summed E-state index contributed by atoms with van der Waals surface area (Å²) < 4.78 is 26.2. The lowest BCUT2D eigenvalue weighted by molar-refractivity contribution is 0.0988. The van der Waals surface area contributed by atoms with E-state index in [-0.39, 0.29) is 10.8 Å². The van der Waals surface area contributed by atoms with Crippen molar-refractivity contribution in [2.24, 2.45) is 0 Å². The minimum absolute atomic E-state index is 0.165. The lowest BCUT2D eigenvalue weighted by Gasteiger charge is -2.24. The first-order valence-electron chi connectivity index (χ1n) is 10.6. The zero-order valence-corrected chi connectivity index (χ0v) is 21.7. The number of benzene rings is 2. The largest absolute Gasteiger partial charge is 0.302 e. The summed E-state index contributed by atoms with van der Waals surface area (Å²) in [6, 6.07) is 12.7. The molecule has 0 bridgehead atoms. The van der Waals surface area contributed by atoms with Crippen LogP contribution in [0.5, 0.6) is 0 Å². The highest BCUT2D eigenvalue weighted by molar-refractivity contribution is 7.91. The van der Waals surface area contributed by atoms with Gasteiger partial charge in [0, 0.05) is 29.4 Å². The number of carbonyl (C=O) groups excluding carboxylic acids is 1. The number of anilines is 1. The number of thiophene rings is 1. The molecule has 0 aliphatic heterocycles. The number of aromatic nitrogens is 1. The van der Waals surface area contributed by atoms with Gasteiger partial charge in [-0.05, 0) is 31.3 Å². The van der Waals surface area contributed by atoms with Gasteiger partial charge in [-0.2, -0.15) is 0 Å². The summed E-state index contributed by atoms with van der Waals surface area (Å²) in [4.78, 5) is 22.9. The molecule has 0 aliphatic rings. The number of hydrogen-bond acceptors (Lipinski definition) is 7. The molecule has 0 radical (unpaired) electrons. The van der Waals surface area contributed by atoms with E-state index in [0.717, 1.165) is 27.9 Å². The molecule has 2 aromatic carbocycles. The second kappa shape index (κ2) is 9.68. The summed E-state index contributed by atoms with van der Waals surface area (Å²) in [5, 5.41) is 1.75. The molecular formula is C23H24ClN3O3S3. The number of amides is 1. The van der Waals surface area contributed by atoms with Crippen LogP contribution in [0.3, 0.4) is 0 Å². The van der Waals surface area contributed by atoms with Gasteiger partial charge < -0.3 is 4.90 Å². The maximum Gasteiger partial charge on any atom is 0.271 e. The molecule has 0 saturated heterocycles. The number of nitrogens with zero attached hydrogens (tertiary/aromatic N) is 3. The quantitative estimate of drug-likeness (QED) is 0.304. The molecule has 33 heavy (non-hydrogen) atoms. The first kappa shape index (κ1) is 24.1. The van der Waals surface area contributed by atoms with E-state index in [2.05, 4.69) is 23.7 Å². The van der Waals surface area contributed by atoms with E-state index >= 15 is 0 Å². The Bertz CT molecular complexity index is 1420. The Balaban J connectivity index is 1.81. The van der Waals surface area contributed by atoms with Crippen LogP contribution < -0.4 is 4.90 Å². The molecule has 6 nitrogen and oxygen atoms in total. The van der Waals surface area contributed by atoms with Gasteiger partial charge in [0.2, 0.25) is 0 Å². The van der Waals surface area contributed by atoms with E-state index < -0.39 is 9.84 Å². The van der Waals surface area contributed by atoms with Crippen LogP contribution in [0.4, 0.5) is 5.13 Å². The third kappa shape index (κ3) is 4.79. The maximum absolute atomic E-state index is 13.8. The molecule has 0 saturated carbocycles. The minimum Gasteiger partial charge on any atom is -0.302 e. The minimum atomic E-state index is -3.46. The molecule has 4 aromatic rings. The summed E-state index contributed by atoms with van der Waals surface area (Å²) in [6.45, 7) is 6.96. The summed E-state index contributed by atoms with van der Waals surface area (Å²) in [7, 11) is -3.46. The van der Waals surface area contributed by atoms with Gasteiger partial charge in [0.15, 0.2) is 15.0 Å². The van der Waals surface area contributed by atoms with Crippen molar-refractivity contribution in [3.8, 4) is 0 Å². The smallest absolute Gasteiger partial charge is 0.271 e. The van der Waals surface area contributed by atoms with Gasteiger partial charge >= 0.3 is 0 Å². The molecule has 0 aliphatic carbocycles. The van der Waals surface area contributed by atoms with E-state index in [1.54, 1.807) is 17.0 Å². The standard InChI is InChI=1S/C23H24ClN3O3S3/c1-4-26(5-2)13-14-27(22(28)21-19(24)15-9-6-7-10-16(15)31-21)23-25-20-17(32-23)11-8-12-18(20)33(3,29)30/h6-12H,4-5,13-14H2,1-3H3. The van der Waals surface area contributed by atoms with E-state index in [9.17, 15) is 13.2 Å². The van der Waals surface area contributed by atoms with E-state index in [4.69, 9.17) is 11.6 Å². The summed E-state index contributed by atoms with van der Waals surface area (Å²) in [5.41, 5.74) is 0.392. The number of thiazole rings is 1. The molecule has 1 amide bonds. The Morgan fingerprint density at radius 1 is 1.00 bits per heavy atom. The van der Waals surface area contributed by atoms with Crippen LogP contribution in [0.25, 0.3) is 20.3 Å². The highest BCUT2D eigenvalue weighted by Gasteiger charge is 2.27. The second-order valence-electron chi connectivity index (χ2n) is 7.60. The average molecular weight is 522 g/mol. The summed E-state index contributed by atoms with van der Waals surface area (Å²) in [5.74, 6) is -0.228. The molecular weight excluding hydrogens is 498 g/mol.